The van der Waals surface area contributed by atoms with Crippen molar-refractivity contribution in [2.24, 2.45) is 5.92 Å². The number of benzene rings is 1. The topological polar surface area (TPSA) is 90.0 Å². The first-order valence-electron chi connectivity index (χ1n) is 8.85. The Kier molecular flexibility index (Phi) is 9.36. The van der Waals surface area contributed by atoms with E-state index in [0.717, 1.165) is 10.5 Å². The number of carbonyl (C=O) groups excluding carboxylic acids is 3. The molecule has 7 heteroatoms. The molecule has 0 aliphatic rings. The van der Waals surface area contributed by atoms with Gasteiger partial charge in [0.2, 0.25) is 0 Å². The van der Waals surface area contributed by atoms with Crippen LogP contribution < -0.4 is 5.32 Å². The molecule has 7 nitrogen and oxygen atoms in total. The van der Waals surface area contributed by atoms with Gasteiger partial charge in [-0.25, -0.2) is 14.5 Å². The van der Waals surface area contributed by atoms with E-state index in [1.165, 1.54) is 0 Å². The van der Waals surface area contributed by atoms with E-state index in [9.17, 15) is 19.6 Å². The Morgan fingerprint density at radius 1 is 1.23 bits per heavy atom. The smallest absolute Gasteiger partial charge is 0.333 e. The van der Waals surface area contributed by atoms with Gasteiger partial charge in [0, 0.05) is 19.5 Å². The van der Waals surface area contributed by atoms with Crippen LogP contribution >= 0.6 is 0 Å². The Balaban J connectivity index is 2.63. The van der Waals surface area contributed by atoms with E-state index in [0.29, 0.717) is 19.3 Å². The van der Waals surface area contributed by atoms with Gasteiger partial charge in [-0.1, -0.05) is 57.5 Å². The van der Waals surface area contributed by atoms with Crippen molar-refractivity contribution in [3.8, 4) is 0 Å². The summed E-state index contributed by atoms with van der Waals surface area (Å²) in [5.41, 5.74) is 0.879. The summed E-state index contributed by atoms with van der Waals surface area (Å²) in [6.45, 7) is 7.88. The molecule has 2 N–H and O–H groups in total. The molecule has 1 aromatic rings. The molecule has 1 radical (unpaired) electrons. The molecule has 0 bridgehead atoms. The van der Waals surface area contributed by atoms with Gasteiger partial charge in [0.1, 0.15) is 0 Å². The maximum absolute atomic E-state index is 12.3. The molecule has 0 unspecified atom stereocenters. The number of imide groups is 2. The van der Waals surface area contributed by atoms with Crippen molar-refractivity contribution in [1.82, 2.24) is 15.3 Å². The molecule has 26 heavy (non-hydrogen) atoms. The second-order valence-electron chi connectivity index (χ2n) is 6.28. The molecule has 0 aliphatic carbocycles. The SMILES string of the molecule is [CH2][C@H](C)CCCC(=O)N(O)C(=O)N(CCC)C(=O)NCc1ccccc1. The zero-order chi connectivity index (χ0) is 19.5. The molecule has 1 rings (SSSR count). The highest BCUT2D eigenvalue weighted by molar-refractivity contribution is 6.00. The van der Waals surface area contributed by atoms with Gasteiger partial charge in [-0.2, -0.15) is 0 Å². The van der Waals surface area contributed by atoms with Crippen LogP contribution in [0.3, 0.4) is 0 Å². The lowest BCUT2D eigenvalue weighted by Crippen LogP contribution is -2.50. The first kappa shape index (κ1) is 21.6. The number of nitrogens with one attached hydrogen (secondary N) is 1. The summed E-state index contributed by atoms with van der Waals surface area (Å²) in [5, 5.41) is 12.5. The van der Waals surface area contributed by atoms with E-state index in [2.05, 4.69) is 12.2 Å². The van der Waals surface area contributed by atoms with Crippen molar-refractivity contribution in [2.45, 2.75) is 46.1 Å². The molecule has 0 saturated carbocycles. The Morgan fingerprint density at radius 3 is 2.46 bits per heavy atom. The number of rotatable bonds is 8. The maximum atomic E-state index is 12.3. The molecule has 0 aliphatic heterocycles. The lowest BCUT2D eigenvalue weighted by Gasteiger charge is -2.24. The van der Waals surface area contributed by atoms with Gasteiger partial charge in [-0.3, -0.25) is 10.0 Å². The Labute approximate surface area is 154 Å². The molecule has 1 aromatic carbocycles. The average molecular weight is 362 g/mol. The molecule has 0 fully saturated rings. The average Bonchev–Trinajstić information content (AvgIpc) is 2.63. The highest BCUT2D eigenvalue weighted by atomic mass is 16.5. The minimum absolute atomic E-state index is 0.0215. The van der Waals surface area contributed by atoms with Gasteiger partial charge in [0.15, 0.2) is 0 Å². The maximum Gasteiger partial charge on any atom is 0.359 e. The summed E-state index contributed by atoms with van der Waals surface area (Å²) >= 11 is 0. The molecule has 143 valence electrons. The van der Waals surface area contributed by atoms with Gasteiger partial charge >= 0.3 is 12.1 Å². The van der Waals surface area contributed by atoms with E-state index in [4.69, 9.17) is 0 Å². The van der Waals surface area contributed by atoms with Gasteiger partial charge in [-0.15, -0.1) is 5.06 Å². The molecular formula is C19H28N3O4. The normalized spacial score (nSPS) is 10.5. The van der Waals surface area contributed by atoms with Crippen molar-refractivity contribution >= 4 is 18.0 Å². The zero-order valence-corrected chi connectivity index (χ0v) is 15.5. The van der Waals surface area contributed by atoms with E-state index in [-0.39, 0.29) is 30.5 Å². The lowest BCUT2D eigenvalue weighted by molar-refractivity contribution is -0.154. The third-order valence-corrected chi connectivity index (χ3v) is 3.71. The standard InChI is InChI=1S/C19H28N3O4/c1-4-13-21(18(24)20-14-16-10-6-5-7-11-16)19(25)22(26)17(23)12-8-9-15(2)3/h5-7,10-11,15,26H,2,4,8-9,12-14H2,1,3H3,(H,20,24)/t15-/m1/s1. The van der Waals surface area contributed by atoms with E-state index < -0.39 is 18.0 Å². The van der Waals surface area contributed by atoms with Crippen molar-refractivity contribution < 1.29 is 19.6 Å². The van der Waals surface area contributed by atoms with E-state index in [1.54, 1.807) is 6.92 Å². The van der Waals surface area contributed by atoms with Gasteiger partial charge in [0.05, 0.1) is 0 Å². The predicted octanol–water partition coefficient (Wildman–Crippen LogP) is 3.59. The van der Waals surface area contributed by atoms with Crippen molar-refractivity contribution in [2.75, 3.05) is 6.54 Å². The van der Waals surface area contributed by atoms with Gasteiger partial charge in [0.25, 0.3) is 5.91 Å². The third kappa shape index (κ3) is 7.23. The van der Waals surface area contributed by atoms with Crippen LogP contribution in [0.4, 0.5) is 9.59 Å². The summed E-state index contributed by atoms with van der Waals surface area (Å²) in [7, 11) is 0. The number of hydrogen-bond acceptors (Lipinski definition) is 4. The van der Waals surface area contributed by atoms with Crippen molar-refractivity contribution in [3.63, 3.8) is 0 Å². The fourth-order valence-corrected chi connectivity index (χ4v) is 2.31. The largest absolute Gasteiger partial charge is 0.359 e. The van der Waals surface area contributed by atoms with Crippen LogP contribution in [0.1, 0.15) is 45.1 Å². The summed E-state index contributed by atoms with van der Waals surface area (Å²) in [4.78, 5) is 37.4. The number of hydrogen-bond donors (Lipinski definition) is 2. The van der Waals surface area contributed by atoms with Crippen LogP contribution in [-0.4, -0.2) is 39.7 Å². The summed E-state index contributed by atoms with van der Waals surface area (Å²) in [6, 6.07) is 7.55. The van der Waals surface area contributed by atoms with Crippen LogP contribution in [-0.2, 0) is 11.3 Å². The fraction of sp³-hybridized carbons (Fsp3) is 0.474. The van der Waals surface area contributed by atoms with Crippen molar-refractivity contribution in [3.05, 3.63) is 42.8 Å². The third-order valence-electron chi connectivity index (χ3n) is 3.71. The molecule has 0 saturated heterocycles. The molecule has 0 heterocycles. The minimum Gasteiger partial charge on any atom is -0.333 e. The predicted molar refractivity (Wildman–Crippen MR) is 98.1 cm³/mol. The van der Waals surface area contributed by atoms with E-state index in [1.807, 2.05) is 37.3 Å². The Bertz CT molecular complexity index is 590. The van der Waals surface area contributed by atoms with E-state index >= 15 is 0 Å². The van der Waals surface area contributed by atoms with Crippen LogP contribution in [0.25, 0.3) is 0 Å². The summed E-state index contributed by atoms with van der Waals surface area (Å²) in [6.07, 6.45) is 1.76. The van der Waals surface area contributed by atoms with Crippen LogP contribution in [0.15, 0.2) is 30.3 Å². The summed E-state index contributed by atoms with van der Waals surface area (Å²) in [5.74, 6) is -0.543. The number of carbonyl (C=O) groups is 3. The first-order chi connectivity index (χ1) is 12.4. The number of urea groups is 2. The van der Waals surface area contributed by atoms with Crippen LogP contribution in [0, 0.1) is 12.8 Å². The molecule has 0 aromatic heterocycles. The lowest BCUT2D eigenvalue weighted by atomic mass is 10.1. The Hall–Kier alpha value is -2.41. The molecule has 1 atom stereocenters. The minimum atomic E-state index is -1.04. The van der Waals surface area contributed by atoms with Gasteiger partial charge < -0.3 is 5.32 Å². The molecular weight excluding hydrogens is 334 g/mol. The quantitative estimate of drug-likeness (QED) is 0.546. The van der Waals surface area contributed by atoms with Crippen LogP contribution in [0.5, 0.6) is 0 Å². The first-order valence-corrected chi connectivity index (χ1v) is 8.85. The second-order valence-corrected chi connectivity index (χ2v) is 6.28. The molecule has 5 amide bonds. The summed E-state index contributed by atoms with van der Waals surface area (Å²) < 4.78 is 0. The van der Waals surface area contributed by atoms with Crippen LogP contribution in [0.2, 0.25) is 0 Å². The number of amides is 5. The fourth-order valence-electron chi connectivity index (χ4n) is 2.31. The zero-order valence-electron chi connectivity index (χ0n) is 15.5. The van der Waals surface area contributed by atoms with Crippen molar-refractivity contribution in [1.29, 1.82) is 0 Å². The highest BCUT2D eigenvalue weighted by Crippen LogP contribution is 2.09. The Morgan fingerprint density at radius 2 is 1.88 bits per heavy atom. The number of nitrogens with zero attached hydrogens (tertiary/aromatic N) is 2. The number of hydroxylamine groups is 2. The van der Waals surface area contributed by atoms with Gasteiger partial charge in [-0.05, 0) is 24.3 Å². The second kappa shape index (κ2) is 11.3. The molecule has 0 spiro atoms. The monoisotopic (exact) mass is 362 g/mol. The highest BCUT2D eigenvalue weighted by Gasteiger charge is 2.28.